The lowest BCUT2D eigenvalue weighted by Crippen LogP contribution is -2.56. The molecule has 3 saturated heterocycles. The van der Waals surface area contributed by atoms with Gasteiger partial charge in [0.1, 0.15) is 41.1 Å². The highest BCUT2D eigenvalue weighted by molar-refractivity contribution is 7.22. The number of piperazine rings is 1. The second-order valence-corrected chi connectivity index (χ2v) is 18.5. The Morgan fingerprint density at radius 2 is 1.81 bits per heavy atom. The van der Waals surface area contributed by atoms with E-state index in [0.29, 0.717) is 38.3 Å². The van der Waals surface area contributed by atoms with Crippen LogP contribution in [0.2, 0.25) is 5.02 Å². The van der Waals surface area contributed by atoms with Gasteiger partial charge in [0.2, 0.25) is 0 Å². The first-order valence-corrected chi connectivity index (χ1v) is 20.3. The monoisotopic (exact) mass is 831 g/mol. The third kappa shape index (κ3) is 7.57. The molecule has 0 radical (unpaired) electrons. The van der Waals surface area contributed by atoms with Gasteiger partial charge < -0.3 is 28.7 Å². The first kappa shape index (κ1) is 39.5. The maximum absolute atomic E-state index is 17.5. The maximum Gasteiger partial charge on any atom is 0.413 e. The van der Waals surface area contributed by atoms with Gasteiger partial charge in [-0.25, -0.2) is 27.7 Å². The molecule has 306 valence electrons. The van der Waals surface area contributed by atoms with Crippen LogP contribution in [0.3, 0.4) is 0 Å². The van der Waals surface area contributed by atoms with Crippen molar-refractivity contribution in [3.05, 3.63) is 28.8 Å². The summed E-state index contributed by atoms with van der Waals surface area (Å²) in [6, 6.07) is 2.13. The molecule has 2 amide bonds. The second kappa shape index (κ2) is 14.5. The number of carbonyl (C=O) groups is 2. The molecule has 0 saturated carbocycles. The normalized spacial score (nSPS) is 22.5. The molecule has 0 aliphatic carbocycles. The molecule has 4 aliphatic heterocycles. The van der Waals surface area contributed by atoms with Gasteiger partial charge >= 0.3 is 18.2 Å². The van der Waals surface area contributed by atoms with E-state index in [1.165, 1.54) is 12.1 Å². The van der Waals surface area contributed by atoms with Crippen LogP contribution in [0.5, 0.6) is 11.8 Å². The fourth-order valence-corrected chi connectivity index (χ4v) is 9.54. The van der Waals surface area contributed by atoms with Crippen molar-refractivity contribution in [2.75, 3.05) is 56.2 Å². The van der Waals surface area contributed by atoms with Crippen LogP contribution in [0.15, 0.2) is 12.1 Å². The smallest absolute Gasteiger partial charge is 0.413 e. The quantitative estimate of drug-likeness (QED) is 0.208. The van der Waals surface area contributed by atoms with Crippen LogP contribution in [0.1, 0.15) is 67.2 Å². The molecule has 18 heteroatoms. The van der Waals surface area contributed by atoms with Crippen molar-refractivity contribution < 1.29 is 41.7 Å². The second-order valence-electron chi connectivity index (χ2n) is 17.1. The molecule has 2 aromatic heterocycles. The summed E-state index contributed by atoms with van der Waals surface area (Å²) in [6.45, 7) is 12.8. The molecule has 6 heterocycles. The number of alkyl halides is 1. The summed E-state index contributed by atoms with van der Waals surface area (Å²) in [6.07, 6.45) is 0.180. The van der Waals surface area contributed by atoms with Crippen LogP contribution in [0.4, 0.5) is 33.7 Å². The largest absolute Gasteiger partial charge is 0.491 e. The predicted octanol–water partition coefficient (Wildman–Crippen LogP) is 8.35. The fourth-order valence-electron chi connectivity index (χ4n) is 8.32. The van der Waals surface area contributed by atoms with E-state index in [1.807, 2.05) is 25.7 Å². The van der Waals surface area contributed by atoms with Crippen LogP contribution in [0.25, 0.3) is 32.2 Å². The Labute approximate surface area is 336 Å². The molecule has 57 heavy (non-hydrogen) atoms. The highest BCUT2D eigenvalue weighted by Gasteiger charge is 2.49. The van der Waals surface area contributed by atoms with Gasteiger partial charge in [-0.1, -0.05) is 22.9 Å². The van der Waals surface area contributed by atoms with Gasteiger partial charge in [-0.2, -0.15) is 9.97 Å². The van der Waals surface area contributed by atoms with Gasteiger partial charge in [-0.05, 0) is 73.1 Å². The van der Waals surface area contributed by atoms with Crippen molar-refractivity contribution in [1.82, 2.24) is 24.8 Å². The van der Waals surface area contributed by atoms with Crippen molar-refractivity contribution in [1.29, 1.82) is 0 Å². The minimum absolute atomic E-state index is 0.0356. The Hall–Kier alpha value is -4.35. The van der Waals surface area contributed by atoms with Crippen molar-refractivity contribution in [2.24, 2.45) is 0 Å². The van der Waals surface area contributed by atoms with Crippen LogP contribution in [-0.2, 0) is 9.47 Å². The molecule has 8 rings (SSSR count). The number of thiazole rings is 1. The van der Waals surface area contributed by atoms with Crippen LogP contribution in [-0.4, -0.2) is 112 Å². The van der Waals surface area contributed by atoms with Crippen LogP contribution in [0, 0.1) is 11.6 Å². The lowest BCUT2D eigenvalue weighted by Gasteiger charge is -2.43. The third-order valence-electron chi connectivity index (χ3n) is 10.7. The Morgan fingerprint density at radius 1 is 1.04 bits per heavy atom. The summed E-state index contributed by atoms with van der Waals surface area (Å²) in [7, 11) is 0. The molecular formula is C39H45ClF3N7O6S. The molecule has 13 nitrogen and oxygen atoms in total. The Morgan fingerprint density at radius 3 is 2.56 bits per heavy atom. The standard InChI is InChI=1S/C39H45ClF3N7O6S/c1-37(2,3)55-35(51)47-34-45-28-22(8-9-23(42)31(28)57-34)24-26(40)30-25-29(27(24)43)44-33(54-19-39-11-7-12-49(39)17-20(41)16-39)46-32(25)50-14-13-48(18-21(50)10-15-53-30)36(52)56-38(4,5)6/h8-9,20-21H,7,10-19H2,1-6H3,(H,45,47,51)/t20-,21+,39+/m1/s1. The van der Waals surface area contributed by atoms with Gasteiger partial charge in [0.25, 0.3) is 0 Å². The first-order valence-electron chi connectivity index (χ1n) is 19.1. The summed E-state index contributed by atoms with van der Waals surface area (Å²) < 4.78 is 71.3. The van der Waals surface area contributed by atoms with Gasteiger partial charge in [0.05, 0.1) is 38.8 Å². The van der Waals surface area contributed by atoms with Crippen LogP contribution >= 0.6 is 22.9 Å². The third-order valence-corrected chi connectivity index (χ3v) is 12.0. The maximum atomic E-state index is 17.5. The SMILES string of the molecule is CC(C)(C)OC(=O)Nc1nc2c(-c3c(Cl)c4c5c(nc(OC[C@@]67CCCN6C[C@H](F)C7)nc5c3F)N3CCN(C(=O)OC(C)(C)C)C[C@@H]3CCO4)ccc(F)c2s1. The average molecular weight is 832 g/mol. The summed E-state index contributed by atoms with van der Waals surface area (Å²) in [5.74, 6) is -1.06. The summed E-state index contributed by atoms with van der Waals surface area (Å²) in [5.41, 5.74) is -2.12. The van der Waals surface area contributed by atoms with Crippen molar-refractivity contribution >= 4 is 67.2 Å². The molecule has 4 aliphatic rings. The number of rotatable bonds is 5. The molecule has 1 N–H and O–H groups in total. The number of aromatic nitrogens is 3. The molecular weight excluding hydrogens is 787 g/mol. The number of anilines is 2. The topological polar surface area (TPSA) is 131 Å². The number of nitrogens with zero attached hydrogens (tertiary/aromatic N) is 6. The number of fused-ring (bicyclic) bond motifs is 4. The molecule has 0 spiro atoms. The van der Waals surface area contributed by atoms with Crippen LogP contribution < -0.4 is 19.7 Å². The van der Waals surface area contributed by atoms with Gasteiger partial charge in [-0.3, -0.25) is 10.2 Å². The predicted molar refractivity (Wildman–Crippen MR) is 211 cm³/mol. The first-order chi connectivity index (χ1) is 26.9. The number of benzene rings is 2. The zero-order valence-corrected chi connectivity index (χ0v) is 34.2. The fraction of sp³-hybridized carbons (Fsp3) is 0.564. The summed E-state index contributed by atoms with van der Waals surface area (Å²) >= 11 is 8.00. The van der Waals surface area contributed by atoms with Crippen molar-refractivity contribution in [3.63, 3.8) is 0 Å². The van der Waals surface area contributed by atoms with E-state index in [1.54, 1.807) is 25.7 Å². The molecule has 3 atom stereocenters. The minimum atomic E-state index is -0.984. The number of nitrogens with one attached hydrogen (secondary N) is 1. The molecule has 2 aromatic carbocycles. The van der Waals surface area contributed by atoms with Crippen molar-refractivity contribution in [2.45, 2.75) is 96.2 Å². The zero-order valence-electron chi connectivity index (χ0n) is 32.6. The van der Waals surface area contributed by atoms with E-state index >= 15 is 8.78 Å². The highest BCUT2D eigenvalue weighted by Crippen LogP contribution is 2.50. The molecule has 4 aromatic rings. The Kier molecular flexibility index (Phi) is 10.0. The number of ether oxygens (including phenoxy) is 4. The molecule has 0 unspecified atom stereocenters. The molecule has 3 fully saturated rings. The number of halogens is 4. The van der Waals surface area contributed by atoms with E-state index in [0.717, 1.165) is 30.7 Å². The van der Waals surface area contributed by atoms with E-state index in [4.69, 9.17) is 35.5 Å². The zero-order chi connectivity index (χ0) is 40.6. The van der Waals surface area contributed by atoms with E-state index < -0.39 is 46.7 Å². The van der Waals surface area contributed by atoms with Gasteiger partial charge in [0.15, 0.2) is 16.7 Å². The molecule has 0 bridgehead atoms. The summed E-state index contributed by atoms with van der Waals surface area (Å²) in [4.78, 5) is 45.5. The number of hydrogen-bond donors (Lipinski definition) is 1. The van der Waals surface area contributed by atoms with Gasteiger partial charge in [0, 0.05) is 50.1 Å². The summed E-state index contributed by atoms with van der Waals surface area (Å²) in [5, 5.41) is 2.68. The van der Waals surface area contributed by atoms with E-state index in [-0.39, 0.29) is 80.0 Å². The highest BCUT2D eigenvalue weighted by atomic mass is 35.5. The van der Waals surface area contributed by atoms with E-state index in [9.17, 15) is 14.0 Å². The van der Waals surface area contributed by atoms with E-state index in [2.05, 4.69) is 20.2 Å². The Bertz CT molecular complexity index is 2270. The number of amides is 2. The van der Waals surface area contributed by atoms with Crippen molar-refractivity contribution in [3.8, 4) is 22.9 Å². The number of carbonyl (C=O) groups excluding carboxylic acids is 2. The lowest BCUT2D eigenvalue weighted by atomic mass is 9.95. The lowest BCUT2D eigenvalue weighted by molar-refractivity contribution is 0.0207. The average Bonchev–Trinajstić information content (AvgIpc) is 3.79. The minimum Gasteiger partial charge on any atom is -0.491 e. The van der Waals surface area contributed by atoms with Gasteiger partial charge in [-0.15, -0.1) is 0 Å². The Balaban J connectivity index is 1.25. The number of hydrogen-bond acceptors (Lipinski definition) is 12.